The van der Waals surface area contributed by atoms with Gasteiger partial charge in [0.15, 0.2) is 16.9 Å². The van der Waals surface area contributed by atoms with Crippen LogP contribution >= 0.6 is 0 Å². The van der Waals surface area contributed by atoms with Crippen molar-refractivity contribution in [3.05, 3.63) is 45.7 Å². The molecule has 0 amide bonds. The highest BCUT2D eigenvalue weighted by molar-refractivity contribution is 5.89. The Morgan fingerprint density at radius 1 is 1.22 bits per heavy atom. The first-order valence-corrected chi connectivity index (χ1v) is 10.6. The van der Waals surface area contributed by atoms with Gasteiger partial charge >= 0.3 is 5.97 Å². The summed E-state index contributed by atoms with van der Waals surface area (Å²) in [6, 6.07) is 4.92. The number of hydrogen-bond acceptors (Lipinski definition) is 5. The van der Waals surface area contributed by atoms with Crippen LogP contribution < -0.4 is 14.9 Å². The molecule has 0 radical (unpaired) electrons. The molecule has 0 fully saturated rings. The first-order chi connectivity index (χ1) is 15.1. The normalized spacial score (nSPS) is 15.2. The van der Waals surface area contributed by atoms with Gasteiger partial charge in [0.25, 0.3) is 0 Å². The van der Waals surface area contributed by atoms with Crippen molar-refractivity contribution in [2.75, 3.05) is 20.3 Å². The van der Waals surface area contributed by atoms with Gasteiger partial charge in [0, 0.05) is 30.3 Å². The molecule has 0 bridgehead atoms. The fourth-order valence-corrected chi connectivity index (χ4v) is 3.96. The number of benzene rings is 1. The van der Waals surface area contributed by atoms with E-state index in [4.69, 9.17) is 14.2 Å². The van der Waals surface area contributed by atoms with Gasteiger partial charge in [-0.25, -0.2) is 13.6 Å². The first-order valence-electron chi connectivity index (χ1n) is 10.6. The molecule has 0 saturated heterocycles. The van der Waals surface area contributed by atoms with Crippen LogP contribution in [-0.4, -0.2) is 37.3 Å². The lowest BCUT2D eigenvalue weighted by Gasteiger charge is -2.39. The number of esters is 1. The van der Waals surface area contributed by atoms with Crippen LogP contribution in [0.5, 0.6) is 11.5 Å². The minimum atomic E-state index is -2.45. The molecule has 1 atom stereocenters. The van der Waals surface area contributed by atoms with Crippen molar-refractivity contribution in [1.29, 1.82) is 0 Å². The summed E-state index contributed by atoms with van der Waals surface area (Å²) < 4.78 is 43.1. The number of ether oxygens (including phenoxy) is 3. The summed E-state index contributed by atoms with van der Waals surface area (Å²) in [4.78, 5) is 25.1. The zero-order chi connectivity index (χ0) is 23.6. The van der Waals surface area contributed by atoms with Gasteiger partial charge in [-0.2, -0.15) is 0 Å². The smallest absolute Gasteiger partial charge is 0.343 e. The van der Waals surface area contributed by atoms with E-state index < -0.39 is 17.8 Å². The van der Waals surface area contributed by atoms with E-state index in [0.717, 1.165) is 11.1 Å². The average Bonchev–Trinajstić information content (AvgIpc) is 2.71. The van der Waals surface area contributed by atoms with E-state index in [-0.39, 0.29) is 36.7 Å². The van der Waals surface area contributed by atoms with Crippen molar-refractivity contribution >= 4 is 5.97 Å². The number of carbonyl (C=O) groups excluding carboxylic acids is 1. The quantitative estimate of drug-likeness (QED) is 0.564. The Bertz CT molecular complexity index is 1060. The van der Waals surface area contributed by atoms with Gasteiger partial charge in [0.1, 0.15) is 5.56 Å². The van der Waals surface area contributed by atoms with Gasteiger partial charge in [-0.05, 0) is 36.5 Å². The van der Waals surface area contributed by atoms with Crippen LogP contribution in [0.3, 0.4) is 0 Å². The number of alkyl halides is 2. The molecular formula is C24H29F2NO5. The van der Waals surface area contributed by atoms with Crippen molar-refractivity contribution < 1.29 is 27.8 Å². The number of rotatable bonds is 7. The molecular weight excluding hydrogens is 420 g/mol. The van der Waals surface area contributed by atoms with Gasteiger partial charge < -0.3 is 18.8 Å². The second kappa shape index (κ2) is 9.30. The molecule has 0 N–H and O–H groups in total. The minimum Gasteiger partial charge on any atom is -0.493 e. The van der Waals surface area contributed by atoms with E-state index in [1.807, 2.05) is 4.57 Å². The van der Waals surface area contributed by atoms with Crippen molar-refractivity contribution in [3.63, 3.8) is 0 Å². The molecule has 0 aliphatic carbocycles. The molecule has 1 aliphatic rings. The Morgan fingerprint density at radius 2 is 1.94 bits per heavy atom. The molecule has 1 aromatic heterocycles. The van der Waals surface area contributed by atoms with Gasteiger partial charge in [-0.3, -0.25) is 4.79 Å². The number of hydrogen-bond donors (Lipinski definition) is 0. The highest BCUT2D eigenvalue weighted by Crippen LogP contribution is 2.45. The predicted molar refractivity (Wildman–Crippen MR) is 117 cm³/mol. The number of fused-ring (bicyclic) bond motifs is 3. The lowest BCUT2D eigenvalue weighted by molar-refractivity contribution is 0.0523. The summed E-state index contributed by atoms with van der Waals surface area (Å²) >= 11 is 0. The zero-order valence-electron chi connectivity index (χ0n) is 19.0. The molecule has 2 heterocycles. The largest absolute Gasteiger partial charge is 0.493 e. The second-order valence-electron chi connectivity index (χ2n) is 8.84. The Hall–Kier alpha value is -2.90. The van der Waals surface area contributed by atoms with Crippen molar-refractivity contribution in [2.24, 2.45) is 5.41 Å². The Labute approximate surface area is 186 Å². The Morgan fingerprint density at radius 3 is 2.53 bits per heavy atom. The zero-order valence-corrected chi connectivity index (χ0v) is 19.0. The predicted octanol–water partition coefficient (Wildman–Crippen LogP) is 4.88. The molecule has 1 aromatic carbocycles. The molecule has 0 spiro atoms. The maximum Gasteiger partial charge on any atom is 0.343 e. The molecule has 32 heavy (non-hydrogen) atoms. The van der Waals surface area contributed by atoms with Gasteiger partial charge in [0.2, 0.25) is 6.43 Å². The molecule has 2 aromatic rings. The van der Waals surface area contributed by atoms with E-state index in [1.54, 1.807) is 25.3 Å². The average molecular weight is 449 g/mol. The summed E-state index contributed by atoms with van der Waals surface area (Å²) in [5.41, 5.74) is 1.71. The third kappa shape index (κ3) is 4.79. The van der Waals surface area contributed by atoms with Crippen LogP contribution in [0.1, 0.15) is 56.1 Å². The standard InChI is InChI=1S/C24H29F2NO5/c1-6-31-23(29)16-13-27-17(12-18(16)28)15-11-19(30-5)20(32-8-7-22(25)26)9-14(15)10-21(27)24(2,3)4/h9,11-13,21-22H,6-8,10H2,1-5H3. The molecule has 174 valence electrons. The molecule has 0 saturated carbocycles. The summed E-state index contributed by atoms with van der Waals surface area (Å²) in [5, 5.41) is 0. The molecule has 3 rings (SSSR count). The summed E-state index contributed by atoms with van der Waals surface area (Å²) in [6.07, 6.45) is -0.642. The highest BCUT2D eigenvalue weighted by Gasteiger charge is 2.34. The molecule has 1 aliphatic heterocycles. The van der Waals surface area contributed by atoms with Crippen LogP contribution in [0, 0.1) is 5.41 Å². The van der Waals surface area contributed by atoms with Crippen LogP contribution in [0.2, 0.25) is 0 Å². The van der Waals surface area contributed by atoms with Crippen molar-refractivity contribution in [2.45, 2.75) is 53.0 Å². The van der Waals surface area contributed by atoms with E-state index in [2.05, 4.69) is 20.8 Å². The Balaban J connectivity index is 2.15. The molecule has 6 nitrogen and oxygen atoms in total. The fourth-order valence-electron chi connectivity index (χ4n) is 3.96. The first kappa shape index (κ1) is 23.8. The van der Waals surface area contributed by atoms with Crippen molar-refractivity contribution in [1.82, 2.24) is 4.57 Å². The third-order valence-electron chi connectivity index (χ3n) is 5.58. The highest BCUT2D eigenvalue weighted by atomic mass is 19.3. The summed E-state index contributed by atoms with van der Waals surface area (Å²) in [7, 11) is 1.47. The number of methoxy groups -OCH3 is 1. The van der Waals surface area contributed by atoms with Crippen LogP contribution in [0.15, 0.2) is 29.2 Å². The molecule has 8 heteroatoms. The topological polar surface area (TPSA) is 66.8 Å². The number of halogens is 2. The van der Waals surface area contributed by atoms with Gasteiger partial charge in [-0.1, -0.05) is 20.8 Å². The fraction of sp³-hybridized carbons (Fsp3) is 0.500. The number of pyridine rings is 1. The van der Waals surface area contributed by atoms with Gasteiger partial charge in [-0.15, -0.1) is 0 Å². The number of nitrogens with zero attached hydrogens (tertiary/aromatic N) is 1. The number of aromatic nitrogens is 1. The summed E-state index contributed by atoms with van der Waals surface area (Å²) in [6.45, 7) is 7.98. The molecule has 1 unspecified atom stereocenters. The SMILES string of the molecule is CCOC(=O)c1cn2c(cc1=O)-c1cc(OC)c(OCCC(F)F)cc1CC2C(C)(C)C. The lowest BCUT2D eigenvalue weighted by atomic mass is 9.78. The van der Waals surface area contributed by atoms with E-state index in [0.29, 0.717) is 23.6 Å². The van der Waals surface area contributed by atoms with Crippen LogP contribution in [0.4, 0.5) is 8.78 Å². The maximum atomic E-state index is 12.8. The van der Waals surface area contributed by atoms with E-state index in [1.165, 1.54) is 13.2 Å². The maximum absolute atomic E-state index is 12.8. The Kier molecular flexibility index (Phi) is 6.91. The summed E-state index contributed by atoms with van der Waals surface area (Å²) in [5.74, 6) is 0.130. The lowest BCUT2D eigenvalue weighted by Crippen LogP contribution is -2.33. The van der Waals surface area contributed by atoms with Crippen LogP contribution in [-0.2, 0) is 11.2 Å². The van der Waals surface area contributed by atoms with E-state index in [9.17, 15) is 18.4 Å². The van der Waals surface area contributed by atoms with Gasteiger partial charge in [0.05, 0.1) is 26.0 Å². The monoisotopic (exact) mass is 449 g/mol. The van der Waals surface area contributed by atoms with Crippen molar-refractivity contribution in [3.8, 4) is 22.8 Å². The van der Waals surface area contributed by atoms with Crippen LogP contribution in [0.25, 0.3) is 11.3 Å². The van der Waals surface area contributed by atoms with E-state index >= 15 is 0 Å². The number of carbonyl (C=O) groups is 1. The second-order valence-corrected chi connectivity index (χ2v) is 8.84. The minimum absolute atomic E-state index is 0.00721. The third-order valence-corrected chi connectivity index (χ3v) is 5.58.